The Balaban J connectivity index is 1.06. The quantitative estimate of drug-likeness (QED) is 0.115. The summed E-state index contributed by atoms with van der Waals surface area (Å²) < 4.78 is 6.85. The Bertz CT molecular complexity index is 2690. The van der Waals surface area contributed by atoms with Gasteiger partial charge in [-0.1, -0.05) is 152 Å². The van der Waals surface area contributed by atoms with Gasteiger partial charge in [-0.25, -0.2) is 0 Å². The maximum atomic E-state index is 6.85. The Morgan fingerprint density at radius 3 is 1.91 bits per heavy atom. The molecule has 9 rings (SSSR count). The van der Waals surface area contributed by atoms with E-state index in [1.807, 2.05) is 18.3 Å². The molecule has 0 fully saturated rings. The summed E-state index contributed by atoms with van der Waals surface area (Å²) in [6.45, 7) is 17.5. The molecule has 7 aromatic carbocycles. The first kappa shape index (κ1) is 35.4. The van der Waals surface area contributed by atoms with E-state index in [-0.39, 0.29) is 16.2 Å². The first-order chi connectivity index (χ1) is 26.4. The number of fused-ring (bicyclic) bond motifs is 3. The fraction of sp³-hybridized carbons (Fsp3) is 0.264. The SMILES string of the molecule is CCC1(CCOCc2cc3cc(C(C)(C)C)cc4ccc5cc(C(C)(C)C)cc2c5c43)c2ccccc2-c2ccc(-c3ccc(-c4ccccn4)cc3)cc21. The van der Waals surface area contributed by atoms with Crippen molar-refractivity contribution in [3.63, 3.8) is 0 Å². The second-order valence-electron chi connectivity index (χ2n) is 17.9. The highest BCUT2D eigenvalue weighted by Gasteiger charge is 2.41. The lowest BCUT2D eigenvalue weighted by Gasteiger charge is -2.31. The van der Waals surface area contributed by atoms with Crippen LogP contribution in [0.25, 0.3) is 65.8 Å². The third-order valence-electron chi connectivity index (χ3n) is 12.4. The molecular weight excluding hydrogens is 667 g/mol. The summed E-state index contributed by atoms with van der Waals surface area (Å²) in [7, 11) is 0. The van der Waals surface area contributed by atoms with Gasteiger partial charge in [0, 0.05) is 23.8 Å². The molecule has 274 valence electrons. The first-order valence-corrected chi connectivity index (χ1v) is 20.0. The molecule has 0 saturated heterocycles. The molecule has 0 N–H and O–H groups in total. The summed E-state index contributed by atoms with van der Waals surface area (Å²) in [5.41, 5.74) is 14.1. The van der Waals surface area contributed by atoms with Gasteiger partial charge in [-0.15, -0.1) is 0 Å². The third kappa shape index (κ3) is 6.03. The van der Waals surface area contributed by atoms with Crippen molar-refractivity contribution < 1.29 is 4.74 Å². The third-order valence-corrected chi connectivity index (χ3v) is 12.4. The topological polar surface area (TPSA) is 22.1 Å². The molecule has 1 aliphatic rings. The first-order valence-electron chi connectivity index (χ1n) is 20.0. The summed E-state index contributed by atoms with van der Waals surface area (Å²) in [4.78, 5) is 4.56. The molecule has 0 saturated carbocycles. The van der Waals surface area contributed by atoms with Gasteiger partial charge in [-0.3, -0.25) is 4.98 Å². The van der Waals surface area contributed by atoms with Gasteiger partial charge in [-0.2, -0.15) is 0 Å². The van der Waals surface area contributed by atoms with Crippen molar-refractivity contribution in [3.8, 4) is 33.5 Å². The van der Waals surface area contributed by atoms with Crippen LogP contribution >= 0.6 is 0 Å². The Morgan fingerprint density at radius 1 is 0.564 bits per heavy atom. The van der Waals surface area contributed by atoms with E-state index in [0.29, 0.717) is 13.2 Å². The second-order valence-corrected chi connectivity index (χ2v) is 17.9. The van der Waals surface area contributed by atoms with Gasteiger partial charge in [0.1, 0.15) is 0 Å². The lowest BCUT2D eigenvalue weighted by molar-refractivity contribution is 0.106. The maximum absolute atomic E-state index is 6.85. The van der Waals surface area contributed by atoms with E-state index in [9.17, 15) is 0 Å². The minimum Gasteiger partial charge on any atom is -0.377 e. The van der Waals surface area contributed by atoms with E-state index in [0.717, 1.165) is 24.1 Å². The summed E-state index contributed by atoms with van der Waals surface area (Å²) in [6.07, 6.45) is 3.78. The minimum absolute atomic E-state index is 0.0404. The van der Waals surface area contributed by atoms with Crippen molar-refractivity contribution in [2.24, 2.45) is 0 Å². The van der Waals surface area contributed by atoms with Crippen LogP contribution in [0, 0.1) is 0 Å². The number of hydrogen-bond donors (Lipinski definition) is 0. The van der Waals surface area contributed by atoms with E-state index in [1.54, 1.807) is 0 Å². The highest BCUT2D eigenvalue weighted by atomic mass is 16.5. The number of aromatic nitrogens is 1. The molecule has 1 unspecified atom stereocenters. The number of nitrogens with zero attached hydrogens (tertiary/aromatic N) is 1. The van der Waals surface area contributed by atoms with Crippen molar-refractivity contribution in [1.82, 2.24) is 4.98 Å². The highest BCUT2D eigenvalue weighted by Crippen LogP contribution is 2.53. The Hall–Kier alpha value is -5.31. The molecule has 0 amide bonds. The molecule has 2 heteroatoms. The van der Waals surface area contributed by atoms with Crippen molar-refractivity contribution in [1.29, 1.82) is 0 Å². The van der Waals surface area contributed by atoms with E-state index >= 15 is 0 Å². The molecule has 0 aliphatic heterocycles. The number of benzene rings is 7. The highest BCUT2D eigenvalue weighted by molar-refractivity contribution is 6.24. The molecule has 0 bridgehead atoms. The Kier molecular flexibility index (Phi) is 8.48. The minimum atomic E-state index is -0.129. The van der Waals surface area contributed by atoms with E-state index in [1.165, 1.54) is 82.4 Å². The monoisotopic (exact) mass is 717 g/mol. The Labute approximate surface area is 326 Å². The lowest BCUT2D eigenvalue weighted by atomic mass is 9.73. The van der Waals surface area contributed by atoms with Crippen LogP contribution in [0.15, 0.2) is 134 Å². The summed E-state index contributed by atoms with van der Waals surface area (Å²) in [5.74, 6) is 0. The molecular formula is C53H51NO. The normalized spacial score (nSPS) is 15.6. The number of hydrogen-bond acceptors (Lipinski definition) is 2. The van der Waals surface area contributed by atoms with Gasteiger partial charge < -0.3 is 4.74 Å². The van der Waals surface area contributed by atoms with Crippen molar-refractivity contribution >= 4 is 32.3 Å². The average Bonchev–Trinajstić information content (AvgIpc) is 3.47. The summed E-state index contributed by atoms with van der Waals surface area (Å²) in [5, 5.41) is 8.01. The predicted octanol–water partition coefficient (Wildman–Crippen LogP) is 14.2. The van der Waals surface area contributed by atoms with Gasteiger partial charge in [0.25, 0.3) is 0 Å². The Morgan fingerprint density at radius 2 is 1.20 bits per heavy atom. The smallest absolute Gasteiger partial charge is 0.0723 e. The molecule has 1 heterocycles. The van der Waals surface area contributed by atoms with Crippen LogP contribution in [0.4, 0.5) is 0 Å². The summed E-state index contributed by atoms with van der Waals surface area (Å²) in [6, 6.07) is 47.8. The summed E-state index contributed by atoms with van der Waals surface area (Å²) >= 11 is 0. The van der Waals surface area contributed by atoms with E-state index < -0.39 is 0 Å². The molecule has 0 radical (unpaired) electrons. The van der Waals surface area contributed by atoms with Gasteiger partial charge in [0.15, 0.2) is 0 Å². The van der Waals surface area contributed by atoms with Crippen LogP contribution in [0.3, 0.4) is 0 Å². The average molecular weight is 718 g/mol. The molecule has 1 aliphatic carbocycles. The van der Waals surface area contributed by atoms with Crippen LogP contribution in [0.2, 0.25) is 0 Å². The van der Waals surface area contributed by atoms with Crippen LogP contribution in [0.5, 0.6) is 0 Å². The fourth-order valence-corrected chi connectivity index (χ4v) is 9.24. The van der Waals surface area contributed by atoms with Crippen LogP contribution in [0.1, 0.15) is 89.1 Å². The zero-order valence-corrected chi connectivity index (χ0v) is 33.4. The molecule has 2 nitrogen and oxygen atoms in total. The molecule has 8 aromatic rings. The molecule has 0 spiro atoms. The van der Waals surface area contributed by atoms with Crippen molar-refractivity contribution in [3.05, 3.63) is 161 Å². The molecule has 1 aromatic heterocycles. The fourth-order valence-electron chi connectivity index (χ4n) is 9.24. The standard InChI is InChI=1S/C53H51NO/c1-8-53(46-14-10-9-13-43(46)44-23-22-36(31-47(44)53)34-16-18-35(19-17-34)48-15-11-12-25-54-48)24-26-55-33-40-27-39-30-41(51(2,3)4)28-37-20-21-38-29-42(52(5,6)7)32-45(40)50(38)49(37)39/h9-23,25,27-32H,8,24,26,33H2,1-7H3. The van der Waals surface area contributed by atoms with E-state index in [2.05, 4.69) is 169 Å². The van der Waals surface area contributed by atoms with Gasteiger partial charge >= 0.3 is 0 Å². The number of ether oxygens (including phenoxy) is 1. The zero-order chi connectivity index (χ0) is 38.1. The molecule has 55 heavy (non-hydrogen) atoms. The lowest BCUT2D eigenvalue weighted by Crippen LogP contribution is -2.26. The predicted molar refractivity (Wildman–Crippen MR) is 233 cm³/mol. The van der Waals surface area contributed by atoms with Gasteiger partial charge in [-0.05, 0) is 130 Å². The van der Waals surface area contributed by atoms with Crippen LogP contribution in [-0.4, -0.2) is 11.6 Å². The second kappa shape index (κ2) is 13.2. The number of pyridine rings is 1. The largest absolute Gasteiger partial charge is 0.377 e. The van der Waals surface area contributed by atoms with Crippen molar-refractivity contribution in [2.45, 2.75) is 84.2 Å². The molecule has 1 atom stereocenters. The number of rotatable bonds is 8. The van der Waals surface area contributed by atoms with Gasteiger partial charge in [0.05, 0.1) is 12.3 Å². The maximum Gasteiger partial charge on any atom is 0.0723 e. The van der Waals surface area contributed by atoms with Crippen molar-refractivity contribution in [2.75, 3.05) is 6.61 Å². The zero-order valence-electron chi connectivity index (χ0n) is 33.4. The van der Waals surface area contributed by atoms with Crippen LogP contribution in [-0.2, 0) is 27.6 Å². The van der Waals surface area contributed by atoms with Gasteiger partial charge in [0.2, 0.25) is 0 Å². The van der Waals surface area contributed by atoms with Crippen LogP contribution < -0.4 is 0 Å². The van der Waals surface area contributed by atoms with E-state index in [4.69, 9.17) is 4.74 Å².